The first kappa shape index (κ1) is 21.2. The normalized spacial score (nSPS) is 19.2. The maximum atomic E-state index is 13.0. The van der Waals surface area contributed by atoms with Crippen molar-refractivity contribution < 1.29 is 18.7 Å². The fourth-order valence-electron chi connectivity index (χ4n) is 5.20. The number of ether oxygens (including phenoxy) is 1. The van der Waals surface area contributed by atoms with Gasteiger partial charge in [-0.3, -0.25) is 14.3 Å². The summed E-state index contributed by atoms with van der Waals surface area (Å²) in [4.78, 5) is 27.4. The lowest BCUT2D eigenvalue weighted by molar-refractivity contribution is -0.122. The van der Waals surface area contributed by atoms with Gasteiger partial charge in [0, 0.05) is 42.9 Å². The molecule has 1 aliphatic heterocycles. The lowest BCUT2D eigenvalue weighted by Crippen LogP contribution is -2.40. The van der Waals surface area contributed by atoms with Crippen molar-refractivity contribution in [3.63, 3.8) is 0 Å². The topological polar surface area (TPSA) is 89.6 Å². The van der Waals surface area contributed by atoms with E-state index in [0.29, 0.717) is 32.1 Å². The monoisotopic (exact) mass is 440 g/mol. The number of carbonyl (C=O) groups excluding carboxylic acids is 2. The van der Waals surface area contributed by atoms with Gasteiger partial charge in [0.05, 0.1) is 18.9 Å². The van der Waals surface area contributed by atoms with Crippen LogP contribution in [0.3, 0.4) is 0 Å². The van der Waals surface area contributed by atoms with Crippen molar-refractivity contribution in [1.29, 1.82) is 0 Å². The Morgan fingerprint density at radius 2 is 1.88 bits per heavy atom. The van der Waals surface area contributed by atoms with Crippen LogP contribution in [0.5, 0.6) is 0 Å². The third-order valence-electron chi connectivity index (χ3n) is 6.93. The summed E-state index contributed by atoms with van der Waals surface area (Å²) in [5.41, 5.74) is 3.71. The quantitative estimate of drug-likeness (QED) is 0.739. The Balaban J connectivity index is 1.32. The smallest absolute Gasteiger partial charge is 0.290 e. The van der Waals surface area contributed by atoms with Crippen LogP contribution < -0.4 is 5.32 Å². The van der Waals surface area contributed by atoms with Gasteiger partial charge in [0.1, 0.15) is 12.3 Å². The average molecular weight is 441 g/mol. The standard InChI is InChI=1S/C24H32N4O4/c1-16-21-19(32-23(16)24(30)27-10-12-31-13-11-27)9-8-17-14-28(26-22(17)21)15-20(29)25-18-6-4-2-3-5-7-18/h14,18H,2-13,15H2,1H3,(H,25,29). The maximum Gasteiger partial charge on any atom is 0.290 e. The molecule has 2 amide bonds. The molecule has 0 radical (unpaired) electrons. The van der Waals surface area contributed by atoms with Gasteiger partial charge in [0.2, 0.25) is 5.91 Å². The van der Waals surface area contributed by atoms with E-state index in [4.69, 9.17) is 14.3 Å². The number of aryl methyl sites for hydroxylation is 2. The number of morpholine rings is 1. The number of hydrogen-bond acceptors (Lipinski definition) is 5. The Hall–Kier alpha value is -2.61. The summed E-state index contributed by atoms with van der Waals surface area (Å²) in [6, 6.07) is 0.284. The third-order valence-corrected chi connectivity index (χ3v) is 6.93. The zero-order valence-electron chi connectivity index (χ0n) is 18.8. The van der Waals surface area contributed by atoms with Crippen molar-refractivity contribution in [3.05, 3.63) is 28.8 Å². The summed E-state index contributed by atoms with van der Waals surface area (Å²) in [5, 5.41) is 7.94. The number of amides is 2. The van der Waals surface area contributed by atoms with E-state index in [2.05, 4.69) is 5.32 Å². The molecule has 0 atom stereocenters. The lowest BCUT2D eigenvalue weighted by Gasteiger charge is -2.26. The van der Waals surface area contributed by atoms with E-state index in [1.54, 1.807) is 9.58 Å². The molecule has 1 saturated carbocycles. The second-order valence-electron chi connectivity index (χ2n) is 9.22. The second kappa shape index (κ2) is 9.10. The van der Waals surface area contributed by atoms with E-state index in [0.717, 1.165) is 53.8 Å². The summed E-state index contributed by atoms with van der Waals surface area (Å²) in [6.45, 7) is 4.43. The highest BCUT2D eigenvalue weighted by Gasteiger charge is 2.32. The van der Waals surface area contributed by atoms with Crippen LogP contribution in [0.1, 0.15) is 66.0 Å². The molecule has 32 heavy (non-hydrogen) atoms. The molecule has 2 aromatic heterocycles. The van der Waals surface area contributed by atoms with Crippen LogP contribution >= 0.6 is 0 Å². The van der Waals surface area contributed by atoms with Crippen LogP contribution in [0.2, 0.25) is 0 Å². The average Bonchev–Trinajstić information content (AvgIpc) is 3.24. The van der Waals surface area contributed by atoms with Crippen molar-refractivity contribution in [2.45, 2.75) is 70.9 Å². The Bertz CT molecular complexity index is 994. The fourth-order valence-corrected chi connectivity index (χ4v) is 5.20. The van der Waals surface area contributed by atoms with E-state index in [1.165, 1.54) is 25.7 Å². The number of hydrogen-bond donors (Lipinski definition) is 1. The summed E-state index contributed by atoms with van der Waals surface area (Å²) in [5.74, 6) is 1.17. The fraction of sp³-hybridized carbons (Fsp3) is 0.625. The molecule has 3 heterocycles. The summed E-state index contributed by atoms with van der Waals surface area (Å²) in [7, 11) is 0. The Morgan fingerprint density at radius 1 is 1.12 bits per heavy atom. The zero-order chi connectivity index (χ0) is 22.1. The van der Waals surface area contributed by atoms with Crippen LogP contribution in [-0.4, -0.2) is 58.8 Å². The molecule has 3 aliphatic rings. The Labute approximate surface area is 188 Å². The van der Waals surface area contributed by atoms with Crippen LogP contribution in [0.4, 0.5) is 0 Å². The molecule has 0 spiro atoms. The first-order chi connectivity index (χ1) is 15.6. The molecule has 172 valence electrons. The minimum absolute atomic E-state index is 0.0177. The van der Waals surface area contributed by atoms with Gasteiger partial charge < -0.3 is 19.4 Å². The third kappa shape index (κ3) is 4.20. The number of nitrogens with zero attached hydrogens (tertiary/aromatic N) is 3. The lowest BCUT2D eigenvalue weighted by atomic mass is 9.93. The molecule has 0 bridgehead atoms. The molecule has 0 unspecified atom stereocenters. The molecule has 2 aromatic rings. The molecule has 2 aliphatic carbocycles. The van der Waals surface area contributed by atoms with E-state index >= 15 is 0 Å². The molecular formula is C24H32N4O4. The first-order valence-electron chi connectivity index (χ1n) is 12.0. The predicted octanol–water partition coefficient (Wildman–Crippen LogP) is 2.86. The van der Waals surface area contributed by atoms with Crippen LogP contribution in [0.25, 0.3) is 11.3 Å². The minimum atomic E-state index is -0.0797. The van der Waals surface area contributed by atoms with Gasteiger partial charge in [-0.15, -0.1) is 0 Å². The second-order valence-corrected chi connectivity index (χ2v) is 9.22. The maximum absolute atomic E-state index is 13.0. The number of fused-ring (bicyclic) bond motifs is 3. The van der Waals surface area contributed by atoms with E-state index < -0.39 is 0 Å². The molecule has 8 heteroatoms. The van der Waals surface area contributed by atoms with Crippen molar-refractivity contribution in [2.75, 3.05) is 26.3 Å². The molecule has 0 aromatic carbocycles. The number of aromatic nitrogens is 2. The van der Waals surface area contributed by atoms with Gasteiger partial charge in [-0.05, 0) is 31.7 Å². The minimum Gasteiger partial charge on any atom is -0.455 e. The molecule has 2 fully saturated rings. The van der Waals surface area contributed by atoms with Crippen molar-refractivity contribution in [2.24, 2.45) is 0 Å². The predicted molar refractivity (Wildman–Crippen MR) is 118 cm³/mol. The molecule has 5 rings (SSSR count). The van der Waals surface area contributed by atoms with E-state index in [1.807, 2.05) is 13.1 Å². The summed E-state index contributed by atoms with van der Waals surface area (Å²) < 4.78 is 13.2. The van der Waals surface area contributed by atoms with Gasteiger partial charge in [-0.25, -0.2) is 0 Å². The number of furan rings is 1. The molecule has 1 N–H and O–H groups in total. The van der Waals surface area contributed by atoms with Crippen molar-refractivity contribution in [3.8, 4) is 11.3 Å². The van der Waals surface area contributed by atoms with E-state index in [9.17, 15) is 9.59 Å². The largest absolute Gasteiger partial charge is 0.455 e. The van der Waals surface area contributed by atoms with Crippen LogP contribution in [0, 0.1) is 6.92 Å². The highest BCUT2D eigenvalue weighted by Crippen LogP contribution is 2.38. The summed E-state index contributed by atoms with van der Waals surface area (Å²) >= 11 is 0. The Kier molecular flexibility index (Phi) is 6.04. The SMILES string of the molecule is Cc1c(C(=O)N2CCOCC2)oc2c1-c1nn(CC(=O)NC3CCCCCC3)cc1CC2. The first-order valence-corrected chi connectivity index (χ1v) is 12.0. The van der Waals surface area contributed by atoms with Crippen LogP contribution in [-0.2, 0) is 28.9 Å². The van der Waals surface area contributed by atoms with E-state index in [-0.39, 0.29) is 24.4 Å². The summed E-state index contributed by atoms with van der Waals surface area (Å²) in [6.07, 6.45) is 10.5. The number of rotatable bonds is 4. The van der Waals surface area contributed by atoms with Gasteiger partial charge in [-0.2, -0.15) is 5.10 Å². The number of carbonyl (C=O) groups is 2. The highest BCUT2D eigenvalue weighted by atomic mass is 16.5. The van der Waals surface area contributed by atoms with Gasteiger partial charge in [0.15, 0.2) is 5.76 Å². The van der Waals surface area contributed by atoms with Crippen LogP contribution in [0.15, 0.2) is 10.6 Å². The van der Waals surface area contributed by atoms with Crippen molar-refractivity contribution >= 4 is 11.8 Å². The van der Waals surface area contributed by atoms with Crippen molar-refractivity contribution in [1.82, 2.24) is 20.0 Å². The number of nitrogens with one attached hydrogen (secondary N) is 1. The van der Waals surface area contributed by atoms with Gasteiger partial charge >= 0.3 is 0 Å². The van der Waals surface area contributed by atoms with Gasteiger partial charge in [-0.1, -0.05) is 25.7 Å². The molecule has 1 saturated heterocycles. The highest BCUT2D eigenvalue weighted by molar-refractivity contribution is 5.95. The molecule has 8 nitrogen and oxygen atoms in total. The molecular weight excluding hydrogens is 408 g/mol. The zero-order valence-corrected chi connectivity index (χ0v) is 18.8. The Morgan fingerprint density at radius 3 is 2.62 bits per heavy atom. The van der Waals surface area contributed by atoms with Gasteiger partial charge in [0.25, 0.3) is 5.91 Å².